The van der Waals surface area contributed by atoms with Gasteiger partial charge >= 0.3 is 0 Å². The number of carbonyl (C=O) groups is 2. The Hall–Kier alpha value is -1.48. The van der Waals surface area contributed by atoms with Gasteiger partial charge in [-0.05, 0) is 58.1 Å². The first-order valence-corrected chi connectivity index (χ1v) is 8.19. The highest BCUT2D eigenvalue weighted by molar-refractivity contribution is 14.1. The number of imide groups is 1. The Morgan fingerprint density at radius 1 is 1.32 bits per heavy atom. The monoisotopic (exact) mass is 431 g/mol. The molecule has 0 radical (unpaired) electrons. The molecule has 0 saturated carbocycles. The summed E-state index contributed by atoms with van der Waals surface area (Å²) in [6.07, 6.45) is 3.21. The SMILES string of the molecule is C=CCN1C(=O)S/C(=C/c2cc(I)c(OC)c(OC)c2)C1=O. The molecular formula is C15H14INO4S. The van der Waals surface area contributed by atoms with Crippen molar-refractivity contribution in [2.75, 3.05) is 20.8 Å². The van der Waals surface area contributed by atoms with Gasteiger partial charge in [-0.1, -0.05) is 6.08 Å². The van der Waals surface area contributed by atoms with Gasteiger partial charge in [-0.25, -0.2) is 0 Å². The van der Waals surface area contributed by atoms with E-state index in [0.717, 1.165) is 25.8 Å². The molecule has 0 N–H and O–H groups in total. The van der Waals surface area contributed by atoms with Crippen LogP contribution in [0.2, 0.25) is 0 Å². The molecule has 7 heteroatoms. The number of hydrogen-bond donors (Lipinski definition) is 0. The predicted octanol–water partition coefficient (Wildman–Crippen LogP) is 3.53. The highest BCUT2D eigenvalue weighted by Gasteiger charge is 2.34. The number of benzene rings is 1. The van der Waals surface area contributed by atoms with Crippen LogP contribution in [0, 0.1) is 3.57 Å². The quantitative estimate of drug-likeness (QED) is 0.406. The van der Waals surface area contributed by atoms with Gasteiger partial charge in [-0.2, -0.15) is 0 Å². The van der Waals surface area contributed by atoms with Crippen molar-refractivity contribution in [1.82, 2.24) is 4.90 Å². The molecule has 0 bridgehead atoms. The fourth-order valence-corrected chi connectivity index (χ4v) is 3.65. The maximum Gasteiger partial charge on any atom is 0.293 e. The number of hydrogen-bond acceptors (Lipinski definition) is 5. The molecule has 1 aromatic carbocycles. The third-order valence-corrected chi connectivity index (χ3v) is 4.65. The van der Waals surface area contributed by atoms with Gasteiger partial charge in [0.1, 0.15) is 0 Å². The number of ether oxygens (including phenoxy) is 2. The molecule has 0 atom stereocenters. The third kappa shape index (κ3) is 3.30. The first kappa shape index (κ1) is 16.9. The first-order valence-electron chi connectivity index (χ1n) is 6.29. The topological polar surface area (TPSA) is 55.8 Å². The van der Waals surface area contributed by atoms with Crippen LogP contribution < -0.4 is 9.47 Å². The minimum atomic E-state index is -0.306. The van der Waals surface area contributed by atoms with Crippen molar-refractivity contribution in [1.29, 1.82) is 0 Å². The molecule has 0 aromatic heterocycles. The van der Waals surface area contributed by atoms with Crippen molar-refractivity contribution in [3.05, 3.63) is 38.8 Å². The van der Waals surface area contributed by atoms with Crippen LogP contribution in [-0.2, 0) is 4.79 Å². The molecule has 0 aliphatic carbocycles. The van der Waals surface area contributed by atoms with Crippen molar-refractivity contribution in [2.45, 2.75) is 0 Å². The summed E-state index contributed by atoms with van der Waals surface area (Å²) in [4.78, 5) is 25.5. The first-order chi connectivity index (χ1) is 10.5. The number of amides is 2. The number of rotatable bonds is 5. The van der Waals surface area contributed by atoms with E-state index < -0.39 is 0 Å². The smallest absolute Gasteiger partial charge is 0.293 e. The standard InChI is InChI=1S/C15H14INO4S/c1-4-5-17-14(18)12(22-15(17)19)8-9-6-10(16)13(21-3)11(7-9)20-2/h4,6-8H,1,5H2,2-3H3/b12-8+. The summed E-state index contributed by atoms with van der Waals surface area (Å²) in [6, 6.07) is 3.63. The summed E-state index contributed by atoms with van der Waals surface area (Å²) >= 11 is 3.05. The zero-order valence-corrected chi connectivity index (χ0v) is 15.1. The van der Waals surface area contributed by atoms with Crippen molar-refractivity contribution in [3.8, 4) is 11.5 Å². The van der Waals surface area contributed by atoms with Crippen LogP contribution in [0.1, 0.15) is 5.56 Å². The zero-order chi connectivity index (χ0) is 16.3. The second-order valence-corrected chi connectivity index (χ2v) is 6.47. The van der Waals surface area contributed by atoms with Crippen molar-refractivity contribution >= 4 is 51.6 Å². The van der Waals surface area contributed by atoms with E-state index in [9.17, 15) is 9.59 Å². The summed E-state index contributed by atoms with van der Waals surface area (Å²) in [5.74, 6) is 0.908. The van der Waals surface area contributed by atoms with Crippen molar-refractivity contribution < 1.29 is 19.1 Å². The van der Waals surface area contributed by atoms with Crippen LogP contribution in [0.4, 0.5) is 4.79 Å². The Kier molecular flexibility index (Phi) is 5.52. The van der Waals surface area contributed by atoms with E-state index in [2.05, 4.69) is 29.2 Å². The molecule has 1 aromatic rings. The van der Waals surface area contributed by atoms with E-state index in [1.54, 1.807) is 26.4 Å². The third-order valence-electron chi connectivity index (χ3n) is 2.94. The zero-order valence-electron chi connectivity index (χ0n) is 12.1. The predicted molar refractivity (Wildman–Crippen MR) is 95.1 cm³/mol. The Labute approximate surface area is 146 Å². The maximum atomic E-state index is 12.2. The Balaban J connectivity index is 2.38. The van der Waals surface area contributed by atoms with Gasteiger partial charge in [0, 0.05) is 6.54 Å². The van der Waals surface area contributed by atoms with Crippen molar-refractivity contribution in [2.24, 2.45) is 0 Å². The molecule has 2 amide bonds. The Bertz CT molecular complexity index is 672. The number of methoxy groups -OCH3 is 2. The molecule has 0 spiro atoms. The van der Waals surface area contributed by atoms with E-state index in [1.807, 2.05) is 6.07 Å². The summed E-state index contributed by atoms with van der Waals surface area (Å²) in [5, 5.41) is -0.286. The van der Waals surface area contributed by atoms with E-state index in [4.69, 9.17) is 9.47 Å². The lowest BCUT2D eigenvalue weighted by molar-refractivity contribution is -0.122. The highest BCUT2D eigenvalue weighted by Crippen LogP contribution is 2.36. The molecule has 2 rings (SSSR count). The van der Waals surface area contributed by atoms with Crippen LogP contribution >= 0.6 is 34.4 Å². The summed E-state index contributed by atoms with van der Waals surface area (Å²) in [7, 11) is 3.12. The van der Waals surface area contributed by atoms with E-state index in [-0.39, 0.29) is 17.7 Å². The van der Waals surface area contributed by atoms with Gasteiger partial charge in [0.2, 0.25) is 0 Å². The number of halogens is 1. The fourth-order valence-electron chi connectivity index (χ4n) is 1.96. The van der Waals surface area contributed by atoms with Crippen LogP contribution in [0.5, 0.6) is 11.5 Å². The average molecular weight is 431 g/mol. The average Bonchev–Trinajstić information content (AvgIpc) is 2.74. The number of carbonyl (C=O) groups excluding carboxylic acids is 2. The minimum absolute atomic E-state index is 0.214. The lowest BCUT2D eigenvalue weighted by Gasteiger charge is -2.11. The summed E-state index contributed by atoms with van der Waals surface area (Å²) in [5.41, 5.74) is 0.770. The molecule has 5 nitrogen and oxygen atoms in total. The van der Waals surface area contributed by atoms with E-state index in [1.165, 1.54) is 6.08 Å². The lowest BCUT2D eigenvalue weighted by atomic mass is 10.2. The number of nitrogens with zero attached hydrogens (tertiary/aromatic N) is 1. The molecular weight excluding hydrogens is 417 g/mol. The Morgan fingerprint density at radius 3 is 2.64 bits per heavy atom. The van der Waals surface area contributed by atoms with Gasteiger partial charge in [0.15, 0.2) is 11.5 Å². The summed E-state index contributed by atoms with van der Waals surface area (Å²) < 4.78 is 11.4. The fraction of sp³-hybridized carbons (Fsp3) is 0.200. The second-order valence-electron chi connectivity index (χ2n) is 4.32. The van der Waals surface area contributed by atoms with Gasteiger partial charge in [-0.3, -0.25) is 14.5 Å². The van der Waals surface area contributed by atoms with Gasteiger partial charge < -0.3 is 9.47 Å². The van der Waals surface area contributed by atoms with Crippen LogP contribution in [0.3, 0.4) is 0 Å². The van der Waals surface area contributed by atoms with Gasteiger partial charge in [0.25, 0.3) is 11.1 Å². The molecule has 1 fully saturated rings. The Morgan fingerprint density at radius 2 is 2.05 bits per heavy atom. The van der Waals surface area contributed by atoms with Gasteiger partial charge in [0.05, 0.1) is 22.7 Å². The van der Waals surface area contributed by atoms with E-state index in [0.29, 0.717) is 16.4 Å². The molecule has 116 valence electrons. The largest absolute Gasteiger partial charge is 0.493 e. The van der Waals surface area contributed by atoms with Gasteiger partial charge in [-0.15, -0.1) is 6.58 Å². The molecule has 1 heterocycles. The maximum absolute atomic E-state index is 12.2. The van der Waals surface area contributed by atoms with Crippen LogP contribution in [-0.4, -0.2) is 36.8 Å². The molecule has 1 saturated heterocycles. The molecule has 0 unspecified atom stereocenters. The second kappa shape index (κ2) is 7.19. The highest BCUT2D eigenvalue weighted by atomic mass is 127. The molecule has 1 aliphatic heterocycles. The minimum Gasteiger partial charge on any atom is -0.493 e. The summed E-state index contributed by atoms with van der Waals surface area (Å²) in [6.45, 7) is 3.76. The molecule has 22 heavy (non-hydrogen) atoms. The molecule has 1 aliphatic rings. The van der Waals surface area contributed by atoms with E-state index >= 15 is 0 Å². The van der Waals surface area contributed by atoms with Crippen molar-refractivity contribution in [3.63, 3.8) is 0 Å². The number of thioether (sulfide) groups is 1. The normalized spacial score (nSPS) is 16.3. The lowest BCUT2D eigenvalue weighted by Crippen LogP contribution is -2.27. The van der Waals surface area contributed by atoms with Crippen LogP contribution in [0.15, 0.2) is 29.7 Å². The van der Waals surface area contributed by atoms with Crippen LogP contribution in [0.25, 0.3) is 6.08 Å².